The van der Waals surface area contributed by atoms with Crippen molar-refractivity contribution in [3.63, 3.8) is 0 Å². The van der Waals surface area contributed by atoms with E-state index in [4.69, 9.17) is 10.2 Å². The molecule has 0 aliphatic rings. The molecule has 19 heavy (non-hydrogen) atoms. The zero-order valence-electron chi connectivity index (χ0n) is 10.9. The summed E-state index contributed by atoms with van der Waals surface area (Å²) in [5.41, 5.74) is 0. The molecule has 0 spiro atoms. The van der Waals surface area contributed by atoms with E-state index in [-0.39, 0.29) is 12.8 Å². The Morgan fingerprint density at radius 1 is 0.526 bits per heavy atom. The van der Waals surface area contributed by atoms with Crippen molar-refractivity contribution in [2.45, 2.75) is 57.8 Å². The standard InChI is InChI=1S/C13H20O6/c14-10(12(16)17)8-6-4-2-1-3-5-7-9-11(15)13(18)19/h1-9H2,(H,16,17)(H,18,19). The third kappa shape index (κ3) is 9.93. The highest BCUT2D eigenvalue weighted by Gasteiger charge is 2.10. The highest BCUT2D eigenvalue weighted by atomic mass is 16.4. The van der Waals surface area contributed by atoms with Gasteiger partial charge in [0, 0.05) is 12.8 Å². The maximum Gasteiger partial charge on any atom is 0.372 e. The van der Waals surface area contributed by atoms with E-state index in [0.29, 0.717) is 12.8 Å². The summed E-state index contributed by atoms with van der Waals surface area (Å²) in [5, 5.41) is 16.7. The molecule has 0 atom stereocenters. The molecule has 2 N–H and O–H groups in total. The van der Waals surface area contributed by atoms with E-state index in [2.05, 4.69) is 0 Å². The number of unbranched alkanes of at least 4 members (excludes halogenated alkanes) is 6. The molecule has 0 amide bonds. The number of Topliss-reactive ketones (excluding diaryl/α,β-unsaturated/α-hetero) is 2. The maximum absolute atomic E-state index is 10.8. The molecular formula is C13H20O6. The maximum atomic E-state index is 10.8. The zero-order valence-corrected chi connectivity index (χ0v) is 10.9. The molecule has 6 nitrogen and oxygen atoms in total. The van der Waals surface area contributed by atoms with Crippen molar-refractivity contribution in [2.75, 3.05) is 0 Å². The van der Waals surface area contributed by atoms with E-state index in [1.54, 1.807) is 0 Å². The average Bonchev–Trinajstić information content (AvgIpc) is 2.35. The minimum atomic E-state index is -1.37. The van der Waals surface area contributed by atoms with Crippen molar-refractivity contribution in [2.24, 2.45) is 0 Å². The van der Waals surface area contributed by atoms with Crippen LogP contribution < -0.4 is 0 Å². The van der Waals surface area contributed by atoms with Gasteiger partial charge in [-0.15, -0.1) is 0 Å². The largest absolute Gasteiger partial charge is 0.476 e. The Morgan fingerprint density at radius 3 is 1.05 bits per heavy atom. The summed E-state index contributed by atoms with van der Waals surface area (Å²) >= 11 is 0. The van der Waals surface area contributed by atoms with E-state index < -0.39 is 23.5 Å². The van der Waals surface area contributed by atoms with E-state index in [1.807, 2.05) is 0 Å². The number of ketones is 2. The first kappa shape index (κ1) is 17.3. The highest BCUT2D eigenvalue weighted by Crippen LogP contribution is 2.10. The lowest BCUT2D eigenvalue weighted by Crippen LogP contribution is -2.11. The van der Waals surface area contributed by atoms with Crippen LogP contribution in [0.4, 0.5) is 0 Å². The van der Waals surface area contributed by atoms with Crippen molar-refractivity contribution in [3.8, 4) is 0 Å². The van der Waals surface area contributed by atoms with Crippen molar-refractivity contribution >= 4 is 23.5 Å². The van der Waals surface area contributed by atoms with Crippen LogP contribution in [0, 0.1) is 0 Å². The molecular weight excluding hydrogens is 252 g/mol. The Morgan fingerprint density at radius 2 is 0.789 bits per heavy atom. The first-order valence-corrected chi connectivity index (χ1v) is 6.47. The summed E-state index contributed by atoms with van der Waals surface area (Å²) < 4.78 is 0. The van der Waals surface area contributed by atoms with Crippen LogP contribution in [0.15, 0.2) is 0 Å². The highest BCUT2D eigenvalue weighted by molar-refractivity contribution is 6.32. The second kappa shape index (κ2) is 10.2. The van der Waals surface area contributed by atoms with Crippen molar-refractivity contribution in [3.05, 3.63) is 0 Å². The first-order valence-electron chi connectivity index (χ1n) is 6.47. The van der Waals surface area contributed by atoms with Crippen LogP contribution >= 0.6 is 0 Å². The number of hydrogen-bond donors (Lipinski definition) is 2. The molecule has 0 aliphatic heterocycles. The van der Waals surface area contributed by atoms with Gasteiger partial charge in [0.05, 0.1) is 0 Å². The van der Waals surface area contributed by atoms with Gasteiger partial charge in [0.15, 0.2) is 0 Å². The van der Waals surface area contributed by atoms with Gasteiger partial charge < -0.3 is 10.2 Å². The molecule has 0 fully saturated rings. The van der Waals surface area contributed by atoms with Crippen molar-refractivity contribution < 1.29 is 29.4 Å². The summed E-state index contributed by atoms with van der Waals surface area (Å²) in [5.74, 6) is -4.23. The fourth-order valence-electron chi connectivity index (χ4n) is 1.67. The molecule has 0 unspecified atom stereocenters. The SMILES string of the molecule is O=C(O)C(=O)CCCCCCCCCC(=O)C(=O)O. The monoisotopic (exact) mass is 272 g/mol. The summed E-state index contributed by atoms with van der Waals surface area (Å²) in [4.78, 5) is 42.0. The molecule has 0 aromatic carbocycles. The predicted molar refractivity (Wildman–Crippen MR) is 66.8 cm³/mol. The second-order valence-electron chi connectivity index (χ2n) is 4.43. The lowest BCUT2D eigenvalue weighted by atomic mass is 10.1. The molecule has 108 valence electrons. The van der Waals surface area contributed by atoms with E-state index in [0.717, 1.165) is 32.1 Å². The van der Waals surface area contributed by atoms with Crippen LogP contribution in [-0.2, 0) is 19.2 Å². The van der Waals surface area contributed by atoms with Crippen LogP contribution in [0.1, 0.15) is 57.8 Å². The van der Waals surface area contributed by atoms with E-state index in [9.17, 15) is 19.2 Å². The number of carboxylic acid groups (broad SMARTS) is 2. The Hall–Kier alpha value is -1.72. The van der Waals surface area contributed by atoms with Crippen molar-refractivity contribution in [1.29, 1.82) is 0 Å². The normalized spacial score (nSPS) is 10.1. The van der Waals surface area contributed by atoms with Crippen LogP contribution in [0.3, 0.4) is 0 Å². The molecule has 0 heterocycles. The molecule has 0 aliphatic carbocycles. The third-order valence-corrected chi connectivity index (χ3v) is 2.78. The van der Waals surface area contributed by atoms with Gasteiger partial charge in [-0.25, -0.2) is 9.59 Å². The third-order valence-electron chi connectivity index (χ3n) is 2.78. The Kier molecular flexibility index (Phi) is 9.30. The van der Waals surface area contributed by atoms with Gasteiger partial charge in [0.2, 0.25) is 11.6 Å². The number of hydrogen-bond acceptors (Lipinski definition) is 4. The average molecular weight is 272 g/mol. The molecule has 0 bridgehead atoms. The fourth-order valence-corrected chi connectivity index (χ4v) is 1.67. The molecule has 0 saturated heterocycles. The minimum Gasteiger partial charge on any atom is -0.476 e. The van der Waals surface area contributed by atoms with Gasteiger partial charge in [-0.1, -0.05) is 32.1 Å². The first-order chi connectivity index (χ1) is 8.95. The van der Waals surface area contributed by atoms with Gasteiger partial charge >= 0.3 is 11.9 Å². The molecule has 0 aromatic rings. The number of carbonyl (C=O) groups excluding carboxylic acids is 2. The zero-order chi connectivity index (χ0) is 14.7. The quantitative estimate of drug-likeness (QED) is 0.414. The summed E-state index contributed by atoms with van der Waals surface area (Å²) in [6.07, 6.45) is 5.75. The summed E-state index contributed by atoms with van der Waals surface area (Å²) in [6.45, 7) is 0. The predicted octanol–water partition coefficient (Wildman–Crippen LogP) is 1.80. The van der Waals surface area contributed by atoms with Gasteiger partial charge in [-0.05, 0) is 12.8 Å². The van der Waals surface area contributed by atoms with Gasteiger partial charge in [0.25, 0.3) is 0 Å². The Balaban J connectivity index is 3.28. The second-order valence-corrected chi connectivity index (χ2v) is 4.43. The van der Waals surface area contributed by atoms with Crippen LogP contribution in [0.2, 0.25) is 0 Å². The lowest BCUT2D eigenvalue weighted by Gasteiger charge is -2.00. The molecule has 0 radical (unpaired) electrons. The number of carbonyl (C=O) groups is 4. The smallest absolute Gasteiger partial charge is 0.372 e. The van der Waals surface area contributed by atoms with Gasteiger partial charge in [-0.2, -0.15) is 0 Å². The molecule has 0 rings (SSSR count). The van der Waals surface area contributed by atoms with E-state index >= 15 is 0 Å². The summed E-state index contributed by atoms with van der Waals surface area (Å²) in [6, 6.07) is 0. The molecule has 0 aromatic heterocycles. The number of aliphatic carboxylic acids is 2. The lowest BCUT2D eigenvalue weighted by molar-refractivity contribution is -0.149. The molecule has 0 saturated carbocycles. The number of carboxylic acids is 2. The fraction of sp³-hybridized carbons (Fsp3) is 0.692. The topological polar surface area (TPSA) is 109 Å². The summed E-state index contributed by atoms with van der Waals surface area (Å²) in [7, 11) is 0. The van der Waals surface area contributed by atoms with Crippen molar-refractivity contribution in [1.82, 2.24) is 0 Å². The van der Waals surface area contributed by atoms with Crippen LogP contribution in [0.5, 0.6) is 0 Å². The minimum absolute atomic E-state index is 0.0858. The molecule has 6 heteroatoms. The van der Waals surface area contributed by atoms with Gasteiger partial charge in [-0.3, -0.25) is 9.59 Å². The van der Waals surface area contributed by atoms with Crippen LogP contribution in [0.25, 0.3) is 0 Å². The number of rotatable bonds is 12. The Bertz CT molecular complexity index is 302. The van der Waals surface area contributed by atoms with Gasteiger partial charge in [0.1, 0.15) is 0 Å². The van der Waals surface area contributed by atoms with Crippen LogP contribution in [-0.4, -0.2) is 33.7 Å². The Labute approximate surface area is 111 Å². The van der Waals surface area contributed by atoms with E-state index in [1.165, 1.54) is 0 Å².